The van der Waals surface area contributed by atoms with E-state index in [1.54, 1.807) is 49.2 Å². The number of sulfonamides is 1. The van der Waals surface area contributed by atoms with E-state index in [1.165, 1.54) is 10.4 Å². The number of carbonyl (C=O) groups is 1. The van der Waals surface area contributed by atoms with Gasteiger partial charge >= 0.3 is 0 Å². The highest BCUT2D eigenvalue weighted by molar-refractivity contribution is 7.89. The number of carbonyl (C=O) groups excluding carboxylic acids is 1. The van der Waals surface area contributed by atoms with Gasteiger partial charge in [-0.3, -0.25) is 4.79 Å². The molecule has 1 fully saturated rings. The molecule has 1 aliphatic heterocycles. The zero-order valence-electron chi connectivity index (χ0n) is 20.2. The van der Waals surface area contributed by atoms with Crippen LogP contribution in [0.25, 0.3) is 11.1 Å². The minimum Gasteiger partial charge on any atom is -0.487 e. The highest BCUT2D eigenvalue weighted by Gasteiger charge is 2.39. The molecule has 0 radical (unpaired) electrons. The Bertz CT molecular complexity index is 1250. The fraction of sp³-hybridized carbons (Fsp3) is 0.462. The zero-order valence-corrected chi connectivity index (χ0v) is 21.0. The normalized spacial score (nSPS) is 22.6. The van der Waals surface area contributed by atoms with E-state index in [2.05, 4.69) is 6.07 Å². The number of amides is 1. The molecule has 0 saturated heterocycles. The van der Waals surface area contributed by atoms with Gasteiger partial charge in [0.15, 0.2) is 0 Å². The monoisotopic (exact) mass is 497 g/mol. The molecule has 0 bridgehead atoms. The summed E-state index contributed by atoms with van der Waals surface area (Å²) in [5, 5.41) is 19.1. The first kappa shape index (κ1) is 25.2. The van der Waals surface area contributed by atoms with E-state index in [9.17, 15) is 23.6 Å². The van der Waals surface area contributed by atoms with Crippen LogP contribution < -0.4 is 4.74 Å². The van der Waals surface area contributed by atoms with Crippen LogP contribution >= 0.6 is 0 Å². The minimum atomic E-state index is -3.95. The number of hydrogen-bond donors (Lipinski definition) is 1. The second-order valence-electron chi connectivity index (χ2n) is 9.59. The van der Waals surface area contributed by atoms with Crippen LogP contribution in [0, 0.1) is 23.2 Å². The van der Waals surface area contributed by atoms with Gasteiger partial charge in [0.05, 0.1) is 24.8 Å². The van der Waals surface area contributed by atoms with Crippen LogP contribution in [0.5, 0.6) is 5.75 Å². The van der Waals surface area contributed by atoms with Gasteiger partial charge in [-0.15, -0.1) is 0 Å². The number of rotatable bonds is 6. The molecule has 2 aromatic carbocycles. The summed E-state index contributed by atoms with van der Waals surface area (Å²) in [5.74, 6) is 0.107. The molecule has 1 amide bonds. The van der Waals surface area contributed by atoms with Crippen molar-refractivity contribution in [1.82, 2.24) is 9.21 Å². The molecule has 0 spiro atoms. The number of aliphatic hydroxyl groups is 1. The van der Waals surface area contributed by atoms with Crippen molar-refractivity contribution < 1.29 is 23.1 Å². The molecular weight excluding hydrogens is 466 g/mol. The Labute approximate surface area is 206 Å². The third kappa shape index (κ3) is 5.20. The van der Waals surface area contributed by atoms with Crippen LogP contribution in [0.1, 0.15) is 32.3 Å². The van der Waals surface area contributed by atoms with Crippen molar-refractivity contribution >= 4 is 15.9 Å². The van der Waals surface area contributed by atoms with E-state index < -0.39 is 22.2 Å². The maximum atomic E-state index is 13.6. The van der Waals surface area contributed by atoms with Crippen LogP contribution in [0.4, 0.5) is 0 Å². The minimum absolute atomic E-state index is 0.0195. The lowest BCUT2D eigenvalue weighted by molar-refractivity contribution is -0.132. The molecule has 1 N–H and O–H groups in total. The topological polar surface area (TPSA) is 111 Å². The molecule has 2 aromatic rings. The van der Waals surface area contributed by atoms with Gasteiger partial charge in [0, 0.05) is 31.5 Å². The Balaban J connectivity index is 1.78. The van der Waals surface area contributed by atoms with Gasteiger partial charge in [-0.1, -0.05) is 25.1 Å². The van der Waals surface area contributed by atoms with E-state index in [1.807, 2.05) is 13.0 Å². The van der Waals surface area contributed by atoms with Gasteiger partial charge in [0.25, 0.3) is 0 Å². The van der Waals surface area contributed by atoms with Crippen molar-refractivity contribution in [2.24, 2.45) is 11.8 Å². The molecule has 9 heteroatoms. The highest BCUT2D eigenvalue weighted by atomic mass is 32.2. The molecule has 1 saturated carbocycles. The summed E-state index contributed by atoms with van der Waals surface area (Å²) in [6, 6.07) is 13.5. The van der Waals surface area contributed by atoms with Crippen molar-refractivity contribution in [3.8, 4) is 22.9 Å². The van der Waals surface area contributed by atoms with Crippen molar-refractivity contribution in [2.45, 2.75) is 43.7 Å². The van der Waals surface area contributed by atoms with Crippen molar-refractivity contribution in [2.75, 3.05) is 26.7 Å². The lowest BCUT2D eigenvalue weighted by Crippen LogP contribution is -2.50. The van der Waals surface area contributed by atoms with Crippen molar-refractivity contribution in [1.29, 1.82) is 5.26 Å². The predicted molar refractivity (Wildman–Crippen MR) is 131 cm³/mol. The third-order valence-electron chi connectivity index (χ3n) is 6.75. The number of nitriles is 1. The third-order valence-corrected chi connectivity index (χ3v) is 8.77. The molecule has 3 atom stereocenters. The van der Waals surface area contributed by atoms with Crippen LogP contribution in [0.2, 0.25) is 0 Å². The van der Waals surface area contributed by atoms with Gasteiger partial charge in [-0.25, -0.2) is 8.42 Å². The Hall–Kier alpha value is -2.93. The molecule has 186 valence electrons. The fourth-order valence-corrected chi connectivity index (χ4v) is 6.22. The molecule has 8 nitrogen and oxygen atoms in total. The van der Waals surface area contributed by atoms with Crippen LogP contribution in [-0.2, 0) is 14.8 Å². The van der Waals surface area contributed by atoms with Gasteiger partial charge in [0.2, 0.25) is 15.9 Å². The summed E-state index contributed by atoms with van der Waals surface area (Å²) < 4.78 is 34.9. The molecule has 2 aliphatic rings. The average molecular weight is 498 g/mol. The van der Waals surface area contributed by atoms with E-state index in [4.69, 9.17) is 4.74 Å². The number of ether oxygens (including phenoxy) is 1. The lowest BCUT2D eigenvalue weighted by atomic mass is 10.0. The first-order valence-corrected chi connectivity index (χ1v) is 13.3. The lowest BCUT2D eigenvalue weighted by Gasteiger charge is -2.37. The first-order chi connectivity index (χ1) is 16.6. The predicted octanol–water partition coefficient (Wildman–Crippen LogP) is 2.86. The quantitative estimate of drug-likeness (QED) is 0.657. The summed E-state index contributed by atoms with van der Waals surface area (Å²) in [6.45, 7) is 3.74. The molecule has 0 aromatic heterocycles. The molecule has 4 rings (SSSR count). The van der Waals surface area contributed by atoms with E-state index in [0.29, 0.717) is 17.7 Å². The standard InChI is InChI=1S/C26H31N3O5S/c1-17-14-29(18(2)16-30)35(32,33)25-10-9-22(21-6-4-5-19(11-21)13-27)12-23(25)34-24(17)15-28(3)26(31)20-7-8-20/h4-6,9-12,17-18,20,24,30H,7-8,14-16H2,1-3H3/t17-,18-,24-/m0/s1. The van der Waals surface area contributed by atoms with Crippen molar-refractivity contribution in [3.05, 3.63) is 48.0 Å². The van der Waals surface area contributed by atoms with E-state index >= 15 is 0 Å². The molecule has 0 unspecified atom stereocenters. The molecular formula is C26H31N3O5S. The highest BCUT2D eigenvalue weighted by Crippen LogP contribution is 2.37. The maximum Gasteiger partial charge on any atom is 0.247 e. The second-order valence-corrected chi connectivity index (χ2v) is 11.4. The number of nitrogens with zero attached hydrogens (tertiary/aromatic N) is 3. The Morgan fingerprint density at radius 1 is 1.26 bits per heavy atom. The Morgan fingerprint density at radius 2 is 1.97 bits per heavy atom. The second kappa shape index (κ2) is 9.97. The average Bonchev–Trinajstić information content (AvgIpc) is 3.70. The largest absolute Gasteiger partial charge is 0.487 e. The number of aliphatic hydroxyl groups excluding tert-OH is 1. The van der Waals surface area contributed by atoms with Gasteiger partial charge in [0.1, 0.15) is 16.7 Å². The SMILES string of the molecule is C[C@H]1CN([C@@H](C)CO)S(=O)(=O)c2ccc(-c3cccc(C#N)c3)cc2O[C@H]1CN(C)C(=O)C1CC1. The molecule has 35 heavy (non-hydrogen) atoms. The van der Waals surface area contributed by atoms with E-state index in [0.717, 1.165) is 18.4 Å². The van der Waals surface area contributed by atoms with Gasteiger partial charge in [-0.05, 0) is 55.2 Å². The van der Waals surface area contributed by atoms with Gasteiger partial charge < -0.3 is 14.7 Å². The van der Waals surface area contributed by atoms with Crippen LogP contribution in [0.3, 0.4) is 0 Å². The summed E-state index contributed by atoms with van der Waals surface area (Å²) in [4.78, 5) is 14.3. The van der Waals surface area contributed by atoms with Crippen LogP contribution in [-0.4, -0.2) is 67.5 Å². The fourth-order valence-electron chi connectivity index (χ4n) is 4.39. The van der Waals surface area contributed by atoms with Crippen LogP contribution in [0.15, 0.2) is 47.4 Å². The summed E-state index contributed by atoms with van der Waals surface area (Å²) in [7, 11) is -2.20. The summed E-state index contributed by atoms with van der Waals surface area (Å²) in [5.41, 5.74) is 1.98. The van der Waals surface area contributed by atoms with Crippen molar-refractivity contribution in [3.63, 3.8) is 0 Å². The first-order valence-electron chi connectivity index (χ1n) is 11.8. The Morgan fingerprint density at radius 3 is 2.63 bits per heavy atom. The molecule has 1 aliphatic carbocycles. The summed E-state index contributed by atoms with van der Waals surface area (Å²) in [6.07, 6.45) is 1.35. The van der Waals surface area contributed by atoms with Gasteiger partial charge in [-0.2, -0.15) is 9.57 Å². The summed E-state index contributed by atoms with van der Waals surface area (Å²) >= 11 is 0. The number of benzene rings is 2. The zero-order chi connectivity index (χ0) is 25.3. The smallest absolute Gasteiger partial charge is 0.247 e. The number of fused-ring (bicyclic) bond motifs is 1. The van der Waals surface area contributed by atoms with E-state index in [-0.39, 0.29) is 41.5 Å². The number of hydrogen-bond acceptors (Lipinski definition) is 6. The Kier molecular flexibility index (Phi) is 7.17. The number of likely N-dealkylation sites (N-methyl/N-ethyl adjacent to an activating group) is 1. The maximum absolute atomic E-state index is 13.6. The molecule has 1 heterocycles.